The van der Waals surface area contributed by atoms with Crippen LogP contribution in [0.4, 0.5) is 4.39 Å². The first-order valence-electron chi connectivity index (χ1n) is 6.45. The summed E-state index contributed by atoms with van der Waals surface area (Å²) < 4.78 is 18.2. The highest BCUT2D eigenvalue weighted by Crippen LogP contribution is 2.35. The number of hydrogen-bond acceptors (Lipinski definition) is 3. The summed E-state index contributed by atoms with van der Waals surface area (Å²) in [5.41, 5.74) is 7.90. The van der Waals surface area contributed by atoms with E-state index in [1.165, 1.54) is 12.1 Å². The topological polar surface area (TPSA) is 48.1 Å². The number of aromatic nitrogens is 1. The fourth-order valence-corrected chi connectivity index (χ4v) is 2.19. The lowest BCUT2D eigenvalue weighted by Crippen LogP contribution is -2.33. The predicted molar refractivity (Wildman–Crippen MR) is 77.1 cm³/mol. The Labute approximate surface area is 118 Å². The van der Waals surface area contributed by atoms with Gasteiger partial charge in [0.15, 0.2) is 0 Å². The van der Waals surface area contributed by atoms with Crippen LogP contribution in [0.15, 0.2) is 42.7 Å². The predicted octanol–water partition coefficient (Wildman–Crippen LogP) is 3.21. The van der Waals surface area contributed by atoms with Crippen molar-refractivity contribution in [2.24, 2.45) is 5.73 Å². The number of nitrogens with zero attached hydrogens (tertiary/aromatic N) is 1. The number of ether oxygens (including phenoxy) is 1. The Bertz CT molecular complexity index is 581. The molecule has 0 saturated heterocycles. The van der Waals surface area contributed by atoms with Gasteiger partial charge in [-0.25, -0.2) is 4.39 Å². The number of rotatable bonds is 4. The van der Waals surface area contributed by atoms with Gasteiger partial charge in [0.25, 0.3) is 0 Å². The van der Waals surface area contributed by atoms with Gasteiger partial charge >= 0.3 is 0 Å². The molecule has 0 aliphatic heterocycles. The van der Waals surface area contributed by atoms with E-state index in [1.807, 2.05) is 19.9 Å². The quantitative estimate of drug-likeness (QED) is 0.931. The zero-order valence-electron chi connectivity index (χ0n) is 11.9. The molecule has 3 nitrogen and oxygen atoms in total. The maximum absolute atomic E-state index is 13.0. The zero-order chi connectivity index (χ0) is 14.8. The molecule has 1 aromatic carbocycles. The summed E-state index contributed by atoms with van der Waals surface area (Å²) in [5, 5.41) is 0. The van der Waals surface area contributed by atoms with E-state index in [-0.39, 0.29) is 17.3 Å². The summed E-state index contributed by atoms with van der Waals surface area (Å²) in [7, 11) is 1.59. The Morgan fingerprint density at radius 3 is 2.45 bits per heavy atom. The minimum absolute atomic E-state index is 0.249. The van der Waals surface area contributed by atoms with Crippen LogP contribution >= 0.6 is 0 Å². The van der Waals surface area contributed by atoms with E-state index in [1.54, 1.807) is 31.6 Å². The van der Waals surface area contributed by atoms with Crippen LogP contribution in [-0.2, 0) is 5.41 Å². The molecule has 0 saturated carbocycles. The van der Waals surface area contributed by atoms with Gasteiger partial charge in [-0.05, 0) is 29.3 Å². The average Bonchev–Trinajstić information content (AvgIpc) is 2.47. The van der Waals surface area contributed by atoms with Crippen molar-refractivity contribution in [2.45, 2.75) is 25.3 Å². The van der Waals surface area contributed by atoms with Gasteiger partial charge in [0.2, 0.25) is 0 Å². The second kappa shape index (κ2) is 5.59. The monoisotopic (exact) mass is 274 g/mol. The third kappa shape index (κ3) is 2.80. The van der Waals surface area contributed by atoms with E-state index in [0.29, 0.717) is 5.75 Å². The van der Waals surface area contributed by atoms with E-state index in [0.717, 1.165) is 11.1 Å². The first-order valence-corrected chi connectivity index (χ1v) is 6.45. The summed E-state index contributed by atoms with van der Waals surface area (Å²) in [5.74, 6) is 0.425. The van der Waals surface area contributed by atoms with E-state index >= 15 is 0 Å². The SMILES string of the molecule is COc1cncc(C(N)C(C)(C)c2ccc(F)cc2)c1. The maximum atomic E-state index is 13.0. The highest BCUT2D eigenvalue weighted by molar-refractivity contribution is 5.33. The molecule has 0 fully saturated rings. The highest BCUT2D eigenvalue weighted by atomic mass is 19.1. The van der Waals surface area contributed by atoms with Gasteiger partial charge in [0, 0.05) is 17.7 Å². The molecule has 1 atom stereocenters. The van der Waals surface area contributed by atoms with Crippen molar-refractivity contribution in [3.63, 3.8) is 0 Å². The van der Waals surface area contributed by atoms with Crippen LogP contribution in [0.3, 0.4) is 0 Å². The summed E-state index contributed by atoms with van der Waals surface area (Å²) in [6.45, 7) is 4.06. The Balaban J connectivity index is 2.34. The number of methoxy groups -OCH3 is 1. The zero-order valence-corrected chi connectivity index (χ0v) is 11.9. The molecule has 1 heterocycles. The van der Waals surface area contributed by atoms with E-state index in [2.05, 4.69) is 4.98 Å². The standard InChI is InChI=1S/C16H19FN2O/c1-16(2,12-4-6-13(17)7-5-12)15(18)11-8-14(20-3)10-19-9-11/h4-10,15H,18H2,1-3H3. The second-order valence-corrected chi connectivity index (χ2v) is 5.36. The Morgan fingerprint density at radius 1 is 1.20 bits per heavy atom. The smallest absolute Gasteiger partial charge is 0.137 e. The molecule has 0 bridgehead atoms. The molecule has 1 unspecified atom stereocenters. The first kappa shape index (κ1) is 14.5. The summed E-state index contributed by atoms with van der Waals surface area (Å²) in [4.78, 5) is 4.13. The van der Waals surface area contributed by atoms with E-state index < -0.39 is 0 Å². The van der Waals surface area contributed by atoms with Gasteiger partial charge in [-0.3, -0.25) is 4.98 Å². The van der Waals surface area contributed by atoms with Crippen molar-refractivity contribution in [3.05, 3.63) is 59.7 Å². The molecule has 0 spiro atoms. The lowest BCUT2D eigenvalue weighted by Gasteiger charge is -2.32. The van der Waals surface area contributed by atoms with Gasteiger partial charge in [-0.1, -0.05) is 26.0 Å². The van der Waals surface area contributed by atoms with Gasteiger partial charge in [-0.15, -0.1) is 0 Å². The van der Waals surface area contributed by atoms with Crippen molar-refractivity contribution < 1.29 is 9.13 Å². The van der Waals surface area contributed by atoms with E-state index in [4.69, 9.17) is 10.5 Å². The number of pyridine rings is 1. The molecular formula is C16H19FN2O. The number of benzene rings is 1. The summed E-state index contributed by atoms with van der Waals surface area (Å²) in [6, 6.07) is 8.05. The maximum Gasteiger partial charge on any atom is 0.137 e. The first-order chi connectivity index (χ1) is 9.45. The third-order valence-electron chi connectivity index (χ3n) is 3.69. The van der Waals surface area contributed by atoms with E-state index in [9.17, 15) is 4.39 Å². The molecule has 0 aliphatic carbocycles. The summed E-state index contributed by atoms with van der Waals surface area (Å²) >= 11 is 0. The van der Waals surface area contributed by atoms with Crippen molar-refractivity contribution in [1.82, 2.24) is 4.98 Å². The van der Waals surface area contributed by atoms with Crippen LogP contribution < -0.4 is 10.5 Å². The minimum Gasteiger partial charge on any atom is -0.495 e. The molecule has 2 aromatic rings. The fraction of sp³-hybridized carbons (Fsp3) is 0.312. The molecule has 2 N–H and O–H groups in total. The number of hydrogen-bond donors (Lipinski definition) is 1. The fourth-order valence-electron chi connectivity index (χ4n) is 2.19. The highest BCUT2D eigenvalue weighted by Gasteiger charge is 2.30. The van der Waals surface area contributed by atoms with Gasteiger partial charge < -0.3 is 10.5 Å². The van der Waals surface area contributed by atoms with Gasteiger partial charge in [-0.2, -0.15) is 0 Å². The Morgan fingerprint density at radius 2 is 1.85 bits per heavy atom. The van der Waals surface area contributed by atoms with Gasteiger partial charge in [0.1, 0.15) is 11.6 Å². The van der Waals surface area contributed by atoms with Crippen molar-refractivity contribution in [3.8, 4) is 5.75 Å². The molecule has 0 radical (unpaired) electrons. The largest absolute Gasteiger partial charge is 0.495 e. The normalized spacial score (nSPS) is 13.1. The van der Waals surface area contributed by atoms with Crippen LogP contribution in [0.1, 0.15) is 31.0 Å². The summed E-state index contributed by atoms with van der Waals surface area (Å²) in [6.07, 6.45) is 3.37. The van der Waals surface area contributed by atoms with Crippen LogP contribution in [0.2, 0.25) is 0 Å². The third-order valence-corrected chi connectivity index (χ3v) is 3.69. The molecule has 0 aliphatic rings. The molecule has 2 rings (SSSR count). The van der Waals surface area contributed by atoms with Crippen LogP contribution in [-0.4, -0.2) is 12.1 Å². The molecule has 4 heteroatoms. The molecular weight excluding hydrogens is 255 g/mol. The lowest BCUT2D eigenvalue weighted by atomic mass is 9.75. The van der Waals surface area contributed by atoms with Crippen molar-refractivity contribution in [2.75, 3.05) is 7.11 Å². The molecule has 0 amide bonds. The Kier molecular flexibility index (Phi) is 4.04. The van der Waals surface area contributed by atoms with Crippen molar-refractivity contribution >= 4 is 0 Å². The minimum atomic E-state index is -0.345. The Hall–Kier alpha value is -1.94. The van der Waals surface area contributed by atoms with Crippen LogP contribution in [0.5, 0.6) is 5.75 Å². The molecule has 20 heavy (non-hydrogen) atoms. The van der Waals surface area contributed by atoms with Crippen LogP contribution in [0.25, 0.3) is 0 Å². The average molecular weight is 274 g/mol. The second-order valence-electron chi connectivity index (χ2n) is 5.36. The lowest BCUT2D eigenvalue weighted by molar-refractivity contribution is 0.401. The number of halogens is 1. The van der Waals surface area contributed by atoms with Gasteiger partial charge in [0.05, 0.1) is 13.3 Å². The molecule has 106 valence electrons. The van der Waals surface area contributed by atoms with Crippen LogP contribution in [0, 0.1) is 5.82 Å². The molecule has 1 aromatic heterocycles. The number of nitrogens with two attached hydrogens (primary N) is 1. The van der Waals surface area contributed by atoms with Crippen molar-refractivity contribution in [1.29, 1.82) is 0 Å².